The molecule has 1 aromatic heterocycles. The van der Waals surface area contributed by atoms with Gasteiger partial charge in [-0.1, -0.05) is 6.08 Å². The minimum atomic E-state index is 0.324. The minimum Gasteiger partial charge on any atom is -0.492 e. The summed E-state index contributed by atoms with van der Waals surface area (Å²) >= 11 is 0. The molecule has 0 amide bonds. The van der Waals surface area contributed by atoms with Crippen molar-refractivity contribution in [2.75, 3.05) is 6.61 Å². The van der Waals surface area contributed by atoms with Gasteiger partial charge in [-0.05, 0) is 62.8 Å². The Hall–Kier alpha value is -2.23. The quantitative estimate of drug-likeness (QED) is 0.543. The van der Waals surface area contributed by atoms with Crippen molar-refractivity contribution in [1.82, 2.24) is 4.98 Å². The van der Waals surface area contributed by atoms with Crippen molar-refractivity contribution in [3.8, 4) is 5.75 Å². The zero-order chi connectivity index (χ0) is 16.1. The lowest BCUT2D eigenvalue weighted by molar-refractivity contribution is 0.343. The van der Waals surface area contributed by atoms with Crippen LogP contribution in [0.2, 0.25) is 0 Å². The summed E-state index contributed by atoms with van der Waals surface area (Å²) in [5.74, 6) is 1.45. The highest BCUT2D eigenvalue weighted by Gasteiger charge is 2.18. The van der Waals surface area contributed by atoms with Crippen LogP contribution >= 0.6 is 0 Å². The largest absolute Gasteiger partial charge is 0.492 e. The summed E-state index contributed by atoms with van der Waals surface area (Å²) in [6.45, 7) is 6.49. The molecular formula is C19H23N3O. The molecule has 0 radical (unpaired) electrons. The standard InChI is InChI=1S/C19H23N3O/c1-3-14-7-9-15(10-8-14)21-22-17-11-12-18(23-4-2)19-16(17)6-5-13-20-19/h3,5-6,11-15H,1,4,7-10H2,2H3. The summed E-state index contributed by atoms with van der Waals surface area (Å²) in [7, 11) is 0. The second kappa shape index (κ2) is 7.36. The zero-order valence-electron chi connectivity index (χ0n) is 13.6. The molecule has 2 aromatic rings. The second-order valence-electron chi connectivity index (χ2n) is 5.94. The van der Waals surface area contributed by atoms with Crippen molar-refractivity contribution in [2.45, 2.75) is 38.6 Å². The average Bonchev–Trinajstić information content (AvgIpc) is 2.62. The minimum absolute atomic E-state index is 0.324. The van der Waals surface area contributed by atoms with Crippen LogP contribution in [0.25, 0.3) is 10.9 Å². The molecule has 1 aliphatic rings. The van der Waals surface area contributed by atoms with Gasteiger partial charge >= 0.3 is 0 Å². The number of azo groups is 1. The first-order valence-electron chi connectivity index (χ1n) is 8.35. The molecule has 1 fully saturated rings. The van der Waals surface area contributed by atoms with E-state index in [1.165, 1.54) is 12.8 Å². The zero-order valence-corrected chi connectivity index (χ0v) is 13.6. The Morgan fingerprint density at radius 1 is 1.26 bits per heavy atom. The third-order valence-electron chi connectivity index (χ3n) is 4.41. The molecular weight excluding hydrogens is 286 g/mol. The van der Waals surface area contributed by atoms with Gasteiger partial charge in [-0.25, -0.2) is 0 Å². The number of rotatable bonds is 5. The van der Waals surface area contributed by atoms with Gasteiger partial charge in [0.05, 0.1) is 18.3 Å². The first kappa shape index (κ1) is 15.7. The van der Waals surface area contributed by atoms with Crippen LogP contribution in [0, 0.1) is 5.92 Å². The number of allylic oxidation sites excluding steroid dienone is 1. The highest BCUT2D eigenvalue weighted by atomic mass is 16.5. The van der Waals surface area contributed by atoms with Gasteiger partial charge < -0.3 is 4.74 Å². The first-order chi connectivity index (χ1) is 11.3. The fraction of sp³-hybridized carbons (Fsp3) is 0.421. The molecule has 23 heavy (non-hydrogen) atoms. The van der Waals surface area contributed by atoms with E-state index < -0.39 is 0 Å². The lowest BCUT2D eigenvalue weighted by Crippen LogP contribution is -2.15. The van der Waals surface area contributed by atoms with E-state index in [1.54, 1.807) is 6.20 Å². The molecule has 1 aromatic carbocycles. The molecule has 0 aliphatic heterocycles. The Kier molecular flexibility index (Phi) is 5.01. The number of pyridine rings is 1. The van der Waals surface area contributed by atoms with Gasteiger partial charge in [0.2, 0.25) is 0 Å². The van der Waals surface area contributed by atoms with E-state index in [4.69, 9.17) is 4.74 Å². The van der Waals surface area contributed by atoms with Crippen LogP contribution in [-0.2, 0) is 0 Å². The maximum Gasteiger partial charge on any atom is 0.145 e. The van der Waals surface area contributed by atoms with Crippen molar-refractivity contribution in [2.24, 2.45) is 16.1 Å². The van der Waals surface area contributed by atoms with Crippen molar-refractivity contribution in [3.63, 3.8) is 0 Å². The highest BCUT2D eigenvalue weighted by Crippen LogP contribution is 2.33. The number of nitrogens with zero attached hydrogens (tertiary/aromatic N) is 3. The smallest absolute Gasteiger partial charge is 0.145 e. The van der Waals surface area contributed by atoms with Crippen molar-refractivity contribution >= 4 is 16.6 Å². The van der Waals surface area contributed by atoms with Gasteiger partial charge in [-0.15, -0.1) is 6.58 Å². The van der Waals surface area contributed by atoms with Crippen LogP contribution in [0.15, 0.2) is 53.3 Å². The van der Waals surface area contributed by atoms with E-state index in [9.17, 15) is 0 Å². The van der Waals surface area contributed by atoms with Crippen LogP contribution in [-0.4, -0.2) is 17.6 Å². The van der Waals surface area contributed by atoms with Crippen LogP contribution in [0.1, 0.15) is 32.6 Å². The Morgan fingerprint density at radius 3 is 2.83 bits per heavy atom. The fourth-order valence-electron chi connectivity index (χ4n) is 3.09. The third-order valence-corrected chi connectivity index (χ3v) is 4.41. The van der Waals surface area contributed by atoms with Gasteiger partial charge in [-0.2, -0.15) is 10.2 Å². The van der Waals surface area contributed by atoms with Gasteiger partial charge in [0, 0.05) is 11.6 Å². The fourth-order valence-corrected chi connectivity index (χ4v) is 3.09. The van der Waals surface area contributed by atoms with Crippen LogP contribution in [0.4, 0.5) is 5.69 Å². The van der Waals surface area contributed by atoms with Gasteiger partial charge in [0.25, 0.3) is 0 Å². The van der Waals surface area contributed by atoms with Crippen LogP contribution in [0.5, 0.6) is 5.75 Å². The predicted molar refractivity (Wildman–Crippen MR) is 93.4 cm³/mol. The third kappa shape index (κ3) is 3.58. The van der Waals surface area contributed by atoms with E-state index in [0.29, 0.717) is 18.6 Å². The van der Waals surface area contributed by atoms with E-state index in [2.05, 4.69) is 27.9 Å². The summed E-state index contributed by atoms with van der Waals surface area (Å²) in [6.07, 6.45) is 8.36. The van der Waals surface area contributed by atoms with Crippen molar-refractivity contribution in [3.05, 3.63) is 43.1 Å². The average molecular weight is 309 g/mol. The molecule has 3 rings (SSSR count). The number of aromatic nitrogens is 1. The molecule has 0 unspecified atom stereocenters. The van der Waals surface area contributed by atoms with E-state index >= 15 is 0 Å². The molecule has 0 bridgehead atoms. The monoisotopic (exact) mass is 309 g/mol. The summed E-state index contributed by atoms with van der Waals surface area (Å²) in [5, 5.41) is 10.1. The number of ether oxygens (including phenoxy) is 1. The maximum absolute atomic E-state index is 5.65. The van der Waals surface area contributed by atoms with Crippen LogP contribution < -0.4 is 4.74 Å². The molecule has 120 valence electrons. The number of hydrogen-bond donors (Lipinski definition) is 0. The molecule has 1 saturated carbocycles. The summed E-state index contributed by atoms with van der Waals surface area (Å²) in [4.78, 5) is 4.44. The van der Waals surface area contributed by atoms with Crippen molar-refractivity contribution < 1.29 is 4.74 Å². The Balaban J connectivity index is 1.82. The Labute approximate surface area is 137 Å². The molecule has 1 heterocycles. The molecule has 1 aliphatic carbocycles. The van der Waals surface area contributed by atoms with E-state index in [1.807, 2.05) is 31.2 Å². The SMILES string of the molecule is C=CC1CCC(N=Nc2ccc(OCC)c3ncccc23)CC1. The summed E-state index contributed by atoms with van der Waals surface area (Å²) in [5.41, 5.74) is 1.71. The lowest BCUT2D eigenvalue weighted by atomic mass is 9.87. The van der Waals surface area contributed by atoms with Gasteiger partial charge in [0.15, 0.2) is 0 Å². The number of benzene rings is 1. The van der Waals surface area contributed by atoms with Crippen molar-refractivity contribution in [1.29, 1.82) is 0 Å². The van der Waals surface area contributed by atoms with Gasteiger partial charge in [0.1, 0.15) is 11.3 Å². The topological polar surface area (TPSA) is 46.8 Å². The Bertz CT molecular complexity index is 703. The summed E-state index contributed by atoms with van der Waals surface area (Å²) in [6, 6.07) is 8.17. The molecule has 0 N–H and O–H groups in total. The highest BCUT2D eigenvalue weighted by molar-refractivity contribution is 5.93. The second-order valence-corrected chi connectivity index (χ2v) is 5.94. The predicted octanol–water partition coefficient (Wildman–Crippen LogP) is 5.46. The molecule has 4 heteroatoms. The Morgan fingerprint density at radius 2 is 2.09 bits per heavy atom. The van der Waals surface area contributed by atoms with E-state index in [0.717, 1.165) is 35.2 Å². The first-order valence-corrected chi connectivity index (χ1v) is 8.35. The van der Waals surface area contributed by atoms with Gasteiger partial charge in [-0.3, -0.25) is 4.98 Å². The lowest BCUT2D eigenvalue weighted by Gasteiger charge is -2.22. The summed E-state index contributed by atoms with van der Waals surface area (Å²) < 4.78 is 5.65. The number of fused-ring (bicyclic) bond motifs is 1. The van der Waals surface area contributed by atoms with E-state index in [-0.39, 0.29) is 0 Å². The van der Waals surface area contributed by atoms with Crippen LogP contribution in [0.3, 0.4) is 0 Å². The molecule has 0 atom stereocenters. The molecule has 4 nitrogen and oxygen atoms in total. The maximum atomic E-state index is 5.65. The molecule has 0 saturated heterocycles. The molecule has 0 spiro atoms. The normalized spacial score (nSPS) is 21.6. The number of hydrogen-bond acceptors (Lipinski definition) is 4.